The van der Waals surface area contributed by atoms with Gasteiger partial charge in [-0.2, -0.15) is 5.10 Å². The molecule has 0 aliphatic rings. The summed E-state index contributed by atoms with van der Waals surface area (Å²) in [5.41, 5.74) is 7.61. The van der Waals surface area contributed by atoms with Gasteiger partial charge in [-0.05, 0) is 6.07 Å². The lowest BCUT2D eigenvalue weighted by Gasteiger charge is -2.13. The minimum absolute atomic E-state index is 0. The van der Waals surface area contributed by atoms with Gasteiger partial charge < -0.3 is 30.5 Å². The molecule has 0 saturated heterocycles. The smallest absolute Gasteiger partial charge is 0.0678 e. The van der Waals surface area contributed by atoms with E-state index in [1.54, 1.807) is 0 Å². The molecule has 0 amide bonds. The van der Waals surface area contributed by atoms with E-state index in [0.717, 1.165) is 11.4 Å². The average Bonchev–Trinajstić information content (AvgIpc) is 2.32. The highest BCUT2D eigenvalue weighted by molar-refractivity contribution is 5.15. The molecule has 0 unspecified atom stereocenters. The summed E-state index contributed by atoms with van der Waals surface area (Å²) in [6, 6.07) is 2.01. The Labute approximate surface area is 91.3 Å². The number of nitrogens with two attached hydrogens (primary N) is 1. The summed E-state index contributed by atoms with van der Waals surface area (Å²) in [6.45, 7) is 6.92. The summed E-state index contributed by atoms with van der Waals surface area (Å²) in [5, 5.41) is 7.04. The fourth-order valence-electron chi connectivity index (χ4n) is 0.850. The topological polar surface area (TPSA) is 54.7 Å². The van der Waals surface area contributed by atoms with Crippen molar-refractivity contribution in [1.82, 2.24) is 10.2 Å². The Hall–Kier alpha value is -0.250. The number of rotatable bonds is 1. The zero-order chi connectivity index (χ0) is 8.48. The number of aromatic amines is 1. The molecule has 5 heteroatoms. The van der Waals surface area contributed by atoms with Crippen LogP contribution in [-0.2, 0) is 12.0 Å². The number of aromatic nitrogens is 2. The lowest BCUT2D eigenvalue weighted by atomic mass is 9.92. The number of H-pyrrole nitrogens is 1. The van der Waals surface area contributed by atoms with Crippen molar-refractivity contribution >= 4 is 0 Å². The lowest BCUT2D eigenvalue weighted by Crippen LogP contribution is -3.00. The van der Waals surface area contributed by atoms with E-state index in [0.29, 0.717) is 6.54 Å². The Bertz CT molecular complexity index is 240. The van der Waals surface area contributed by atoms with Crippen LogP contribution in [0, 0.1) is 0 Å². The Morgan fingerprint density at radius 2 is 1.92 bits per heavy atom. The van der Waals surface area contributed by atoms with E-state index in [4.69, 9.17) is 5.73 Å². The number of hydrogen-bond donors (Lipinski definition) is 2. The van der Waals surface area contributed by atoms with Crippen LogP contribution in [-0.4, -0.2) is 10.2 Å². The van der Waals surface area contributed by atoms with Crippen LogP contribution in [0.25, 0.3) is 0 Å². The van der Waals surface area contributed by atoms with E-state index >= 15 is 0 Å². The normalized spacial score (nSPS) is 10.2. The van der Waals surface area contributed by atoms with Gasteiger partial charge >= 0.3 is 0 Å². The quantitative estimate of drug-likeness (QED) is 0.503. The fraction of sp³-hybridized carbons (Fsp3) is 0.625. The largest absolute Gasteiger partial charge is 1.00 e. The van der Waals surface area contributed by atoms with E-state index in [9.17, 15) is 0 Å². The standard InChI is InChI=1S/C8H15N3.2ClH/c1-8(2,3)7-4-6(5-9)10-11-7;;/h4H,5,9H2,1-3H3,(H,10,11);2*1H/p-2. The third-order valence-corrected chi connectivity index (χ3v) is 1.62. The summed E-state index contributed by atoms with van der Waals surface area (Å²) in [4.78, 5) is 0. The van der Waals surface area contributed by atoms with Crippen LogP contribution in [0.2, 0.25) is 0 Å². The molecule has 3 N–H and O–H groups in total. The van der Waals surface area contributed by atoms with Crippen molar-refractivity contribution in [2.75, 3.05) is 0 Å². The molecule has 1 heterocycles. The molecule has 1 aromatic rings. The maximum Gasteiger partial charge on any atom is 0.0678 e. The van der Waals surface area contributed by atoms with Gasteiger partial charge in [0.25, 0.3) is 0 Å². The van der Waals surface area contributed by atoms with Gasteiger partial charge in [-0.3, -0.25) is 5.10 Å². The number of hydrogen-bond acceptors (Lipinski definition) is 2. The first-order valence-electron chi connectivity index (χ1n) is 3.79. The van der Waals surface area contributed by atoms with Gasteiger partial charge in [-0.25, -0.2) is 0 Å². The minimum atomic E-state index is 0. The van der Waals surface area contributed by atoms with Gasteiger partial charge in [0.15, 0.2) is 0 Å². The monoisotopic (exact) mass is 223 g/mol. The van der Waals surface area contributed by atoms with Crippen LogP contribution in [0.15, 0.2) is 6.07 Å². The molecule has 0 atom stereocenters. The van der Waals surface area contributed by atoms with Gasteiger partial charge in [-0.15, -0.1) is 0 Å². The van der Waals surface area contributed by atoms with E-state index in [2.05, 4.69) is 31.0 Å². The fourth-order valence-corrected chi connectivity index (χ4v) is 0.850. The molecule has 3 nitrogen and oxygen atoms in total. The minimum Gasteiger partial charge on any atom is -1.00 e. The second-order valence-corrected chi connectivity index (χ2v) is 3.73. The highest BCUT2D eigenvalue weighted by Gasteiger charge is 2.16. The highest BCUT2D eigenvalue weighted by atomic mass is 35.5. The third kappa shape index (κ3) is 3.98. The number of nitrogens with zero attached hydrogens (tertiary/aromatic N) is 1. The maximum atomic E-state index is 5.44. The Balaban J connectivity index is 0. The van der Waals surface area contributed by atoms with Crippen LogP contribution < -0.4 is 30.5 Å². The molecular weight excluding hydrogens is 209 g/mol. The predicted octanol–water partition coefficient (Wildman–Crippen LogP) is -4.83. The molecule has 13 heavy (non-hydrogen) atoms. The van der Waals surface area contributed by atoms with Crippen molar-refractivity contribution in [3.63, 3.8) is 0 Å². The molecule has 0 aliphatic carbocycles. The molecule has 0 aromatic carbocycles. The second kappa shape index (κ2) is 5.47. The van der Waals surface area contributed by atoms with Crippen molar-refractivity contribution < 1.29 is 24.8 Å². The zero-order valence-corrected chi connectivity index (χ0v) is 9.58. The Morgan fingerprint density at radius 3 is 2.15 bits per heavy atom. The van der Waals surface area contributed by atoms with Crippen LogP contribution in [0.3, 0.4) is 0 Å². The molecule has 0 saturated carbocycles. The summed E-state index contributed by atoms with van der Waals surface area (Å²) < 4.78 is 0. The van der Waals surface area contributed by atoms with Crippen LogP contribution in [0.5, 0.6) is 0 Å². The first kappa shape index (κ1) is 15.2. The summed E-state index contributed by atoms with van der Waals surface area (Å²) in [7, 11) is 0. The Kier molecular flexibility index (Phi) is 6.41. The van der Waals surface area contributed by atoms with E-state index in [-0.39, 0.29) is 30.2 Å². The molecular formula is C8H15Cl2N3-2. The Morgan fingerprint density at radius 1 is 1.38 bits per heavy atom. The molecule has 78 valence electrons. The highest BCUT2D eigenvalue weighted by Crippen LogP contribution is 2.19. The van der Waals surface area contributed by atoms with Crippen molar-refractivity contribution in [3.8, 4) is 0 Å². The van der Waals surface area contributed by atoms with Crippen molar-refractivity contribution in [2.45, 2.75) is 32.7 Å². The average molecular weight is 224 g/mol. The van der Waals surface area contributed by atoms with Gasteiger partial charge in [-0.1, -0.05) is 20.8 Å². The predicted molar refractivity (Wildman–Crippen MR) is 45.2 cm³/mol. The molecule has 0 aliphatic heterocycles. The molecule has 0 fully saturated rings. The summed E-state index contributed by atoms with van der Waals surface area (Å²) >= 11 is 0. The molecule has 0 spiro atoms. The number of halogens is 2. The van der Waals surface area contributed by atoms with Gasteiger partial charge in [0, 0.05) is 17.7 Å². The van der Waals surface area contributed by atoms with E-state index < -0.39 is 0 Å². The lowest BCUT2D eigenvalue weighted by molar-refractivity contribution is -0.00100. The molecule has 0 radical (unpaired) electrons. The van der Waals surface area contributed by atoms with Crippen LogP contribution in [0.1, 0.15) is 32.2 Å². The van der Waals surface area contributed by atoms with E-state index in [1.165, 1.54) is 0 Å². The van der Waals surface area contributed by atoms with Gasteiger partial charge in [0.2, 0.25) is 0 Å². The van der Waals surface area contributed by atoms with Crippen LogP contribution >= 0.6 is 0 Å². The van der Waals surface area contributed by atoms with E-state index in [1.807, 2.05) is 6.07 Å². The first-order chi connectivity index (χ1) is 5.04. The zero-order valence-electron chi connectivity index (χ0n) is 8.06. The molecule has 1 rings (SSSR count). The van der Waals surface area contributed by atoms with Crippen LogP contribution in [0.4, 0.5) is 0 Å². The molecule has 1 aromatic heterocycles. The van der Waals surface area contributed by atoms with Gasteiger partial charge in [0.05, 0.1) is 5.69 Å². The third-order valence-electron chi connectivity index (χ3n) is 1.62. The second-order valence-electron chi connectivity index (χ2n) is 3.73. The van der Waals surface area contributed by atoms with Crippen molar-refractivity contribution in [3.05, 3.63) is 17.5 Å². The summed E-state index contributed by atoms with van der Waals surface area (Å²) in [5.74, 6) is 0. The molecule has 0 bridgehead atoms. The number of nitrogens with one attached hydrogen (secondary N) is 1. The SMILES string of the molecule is CC(C)(C)c1cc(CN)[nH]n1.[Cl-].[Cl-]. The summed E-state index contributed by atoms with van der Waals surface area (Å²) in [6.07, 6.45) is 0. The first-order valence-corrected chi connectivity index (χ1v) is 3.79. The van der Waals surface area contributed by atoms with Crippen molar-refractivity contribution in [1.29, 1.82) is 0 Å². The maximum absolute atomic E-state index is 5.44. The van der Waals surface area contributed by atoms with Crippen molar-refractivity contribution in [2.24, 2.45) is 5.73 Å². The van der Waals surface area contributed by atoms with Gasteiger partial charge in [0.1, 0.15) is 0 Å².